The Kier molecular flexibility index (Phi) is 5.22. The molecule has 3 N–H and O–H groups in total. The van der Waals surface area contributed by atoms with Crippen LogP contribution >= 0.6 is 0 Å². The Labute approximate surface area is 115 Å². The van der Waals surface area contributed by atoms with Gasteiger partial charge in [-0.3, -0.25) is 4.98 Å². The number of esters is 1. The summed E-state index contributed by atoms with van der Waals surface area (Å²) in [5, 5.41) is 8.97. The van der Waals surface area contributed by atoms with Crippen LogP contribution < -0.4 is 5.73 Å². The van der Waals surface area contributed by atoms with Crippen LogP contribution in [0.25, 0.3) is 5.57 Å². The highest BCUT2D eigenvalue weighted by molar-refractivity contribution is 5.94. The van der Waals surface area contributed by atoms with Gasteiger partial charge in [0.2, 0.25) is 0 Å². The second-order valence-electron chi connectivity index (χ2n) is 3.71. The molecule has 20 heavy (non-hydrogen) atoms. The first-order chi connectivity index (χ1) is 9.49. The first-order valence-corrected chi connectivity index (χ1v) is 5.56. The van der Waals surface area contributed by atoms with E-state index in [-0.39, 0.29) is 5.57 Å². The smallest absolute Gasteiger partial charge is 0.337 e. The lowest BCUT2D eigenvalue weighted by atomic mass is 10.1. The third-order valence-corrected chi connectivity index (χ3v) is 2.36. The standard InChI is InChI=1S/C14H14N2O4/c1-9(7-10(3-5-15)13(17)18)12-8-11(4-6-16-12)14(19)20-2/h3-8H,1,15H2,2H3,(H,17,18)/b5-3-,10-7+. The van der Waals surface area contributed by atoms with Crippen molar-refractivity contribution in [2.24, 2.45) is 5.73 Å². The van der Waals surface area contributed by atoms with Gasteiger partial charge in [0.25, 0.3) is 0 Å². The van der Waals surface area contributed by atoms with Gasteiger partial charge in [0, 0.05) is 6.20 Å². The van der Waals surface area contributed by atoms with E-state index in [4.69, 9.17) is 10.8 Å². The second kappa shape index (κ2) is 6.89. The number of hydrogen-bond acceptors (Lipinski definition) is 5. The van der Waals surface area contributed by atoms with Crippen LogP contribution in [0.5, 0.6) is 0 Å². The maximum Gasteiger partial charge on any atom is 0.337 e. The zero-order chi connectivity index (χ0) is 15.1. The fraction of sp³-hybridized carbons (Fsp3) is 0.0714. The van der Waals surface area contributed by atoms with Crippen molar-refractivity contribution in [2.75, 3.05) is 7.11 Å². The van der Waals surface area contributed by atoms with E-state index in [1.807, 2.05) is 0 Å². The van der Waals surface area contributed by atoms with Gasteiger partial charge in [-0.2, -0.15) is 0 Å². The van der Waals surface area contributed by atoms with E-state index in [1.165, 1.54) is 37.6 Å². The largest absolute Gasteiger partial charge is 0.478 e. The van der Waals surface area contributed by atoms with Gasteiger partial charge in [0.15, 0.2) is 0 Å². The molecule has 1 heterocycles. The number of carboxylic acids is 1. The average molecular weight is 274 g/mol. The lowest BCUT2D eigenvalue weighted by Crippen LogP contribution is -2.03. The van der Waals surface area contributed by atoms with E-state index in [9.17, 15) is 9.59 Å². The fourth-order valence-electron chi connectivity index (χ4n) is 1.40. The SMILES string of the molecule is C=C(/C=C(\C=C/N)C(=O)O)c1cc(C(=O)OC)ccn1. The molecule has 0 fully saturated rings. The summed E-state index contributed by atoms with van der Waals surface area (Å²) < 4.78 is 4.60. The number of rotatable bonds is 5. The summed E-state index contributed by atoms with van der Waals surface area (Å²) in [4.78, 5) is 26.4. The molecule has 0 spiro atoms. The zero-order valence-corrected chi connectivity index (χ0v) is 10.9. The van der Waals surface area contributed by atoms with Crippen LogP contribution in [0.2, 0.25) is 0 Å². The number of nitrogens with two attached hydrogens (primary N) is 1. The molecular formula is C14H14N2O4. The van der Waals surface area contributed by atoms with Crippen molar-refractivity contribution in [2.45, 2.75) is 0 Å². The first kappa shape index (κ1) is 15.2. The number of carboxylic acid groups (broad SMARTS) is 1. The van der Waals surface area contributed by atoms with Crippen molar-refractivity contribution in [3.8, 4) is 0 Å². The quantitative estimate of drug-likeness (QED) is 0.477. The number of carbonyl (C=O) groups excluding carboxylic acids is 1. The highest BCUT2D eigenvalue weighted by Gasteiger charge is 2.09. The van der Waals surface area contributed by atoms with Crippen LogP contribution in [0, 0.1) is 0 Å². The molecule has 1 aromatic heterocycles. The molecule has 0 aliphatic carbocycles. The van der Waals surface area contributed by atoms with Gasteiger partial charge in [-0.15, -0.1) is 0 Å². The molecule has 1 rings (SSSR count). The van der Waals surface area contributed by atoms with Gasteiger partial charge < -0.3 is 15.6 Å². The second-order valence-corrected chi connectivity index (χ2v) is 3.71. The number of allylic oxidation sites excluding steroid dienone is 2. The number of nitrogens with zero attached hydrogens (tertiary/aromatic N) is 1. The molecule has 0 aliphatic rings. The van der Waals surface area contributed by atoms with Crippen LogP contribution in [0.15, 0.2) is 48.8 Å². The molecule has 0 atom stereocenters. The van der Waals surface area contributed by atoms with Gasteiger partial charge in [-0.1, -0.05) is 6.58 Å². The topological polar surface area (TPSA) is 103 Å². The summed E-state index contributed by atoms with van der Waals surface area (Å²) >= 11 is 0. The molecule has 1 aromatic rings. The summed E-state index contributed by atoms with van der Waals surface area (Å²) in [5.74, 6) is -1.65. The Morgan fingerprint density at radius 3 is 2.75 bits per heavy atom. The fourth-order valence-corrected chi connectivity index (χ4v) is 1.40. The Balaban J connectivity index is 3.12. The van der Waals surface area contributed by atoms with Crippen molar-refractivity contribution in [3.63, 3.8) is 0 Å². The van der Waals surface area contributed by atoms with E-state index in [2.05, 4.69) is 16.3 Å². The zero-order valence-electron chi connectivity index (χ0n) is 10.9. The van der Waals surface area contributed by atoms with Crippen molar-refractivity contribution in [3.05, 3.63) is 60.1 Å². The van der Waals surface area contributed by atoms with Crippen molar-refractivity contribution >= 4 is 17.5 Å². The molecule has 0 aliphatic heterocycles. The number of aliphatic carboxylic acids is 1. The minimum Gasteiger partial charge on any atom is -0.478 e. The van der Waals surface area contributed by atoms with Crippen molar-refractivity contribution < 1.29 is 19.4 Å². The van der Waals surface area contributed by atoms with E-state index >= 15 is 0 Å². The Bertz CT molecular complexity index is 603. The highest BCUT2D eigenvalue weighted by Crippen LogP contribution is 2.15. The van der Waals surface area contributed by atoms with Crippen molar-refractivity contribution in [1.82, 2.24) is 4.98 Å². The minimum absolute atomic E-state index is 0.0391. The molecular weight excluding hydrogens is 260 g/mol. The van der Waals surface area contributed by atoms with E-state index < -0.39 is 11.9 Å². The summed E-state index contributed by atoms with van der Waals surface area (Å²) in [6, 6.07) is 2.96. The van der Waals surface area contributed by atoms with Gasteiger partial charge in [-0.05, 0) is 36.1 Å². The third-order valence-electron chi connectivity index (χ3n) is 2.36. The predicted octanol–water partition coefficient (Wildman–Crippen LogP) is 1.36. The molecule has 6 nitrogen and oxygen atoms in total. The predicted molar refractivity (Wildman–Crippen MR) is 73.7 cm³/mol. The van der Waals surface area contributed by atoms with Crippen LogP contribution in [-0.4, -0.2) is 29.1 Å². The lowest BCUT2D eigenvalue weighted by Gasteiger charge is -2.04. The molecule has 6 heteroatoms. The van der Waals surface area contributed by atoms with Gasteiger partial charge >= 0.3 is 11.9 Å². The molecule has 0 saturated carbocycles. The van der Waals surface area contributed by atoms with E-state index in [0.29, 0.717) is 16.8 Å². The molecule has 0 amide bonds. The van der Waals surface area contributed by atoms with Crippen LogP contribution in [0.4, 0.5) is 0 Å². The molecule has 0 bridgehead atoms. The minimum atomic E-state index is -1.14. The molecule has 0 unspecified atom stereocenters. The summed E-state index contributed by atoms with van der Waals surface area (Å²) in [6.45, 7) is 3.73. The van der Waals surface area contributed by atoms with E-state index in [0.717, 1.165) is 6.20 Å². The molecule has 0 radical (unpaired) electrons. The number of hydrogen-bond donors (Lipinski definition) is 2. The van der Waals surface area contributed by atoms with Crippen LogP contribution in [-0.2, 0) is 9.53 Å². The third kappa shape index (κ3) is 3.81. The Hall–Kier alpha value is -2.89. The Morgan fingerprint density at radius 1 is 1.50 bits per heavy atom. The van der Waals surface area contributed by atoms with Gasteiger partial charge in [0.1, 0.15) is 0 Å². The summed E-state index contributed by atoms with van der Waals surface area (Å²) in [6.07, 6.45) is 5.08. The summed E-state index contributed by atoms with van der Waals surface area (Å²) in [5.41, 5.74) is 6.15. The monoisotopic (exact) mass is 274 g/mol. The van der Waals surface area contributed by atoms with E-state index in [1.54, 1.807) is 0 Å². The summed E-state index contributed by atoms with van der Waals surface area (Å²) in [7, 11) is 1.27. The van der Waals surface area contributed by atoms with Gasteiger partial charge in [0.05, 0.1) is 23.9 Å². The maximum atomic E-state index is 11.4. The maximum absolute atomic E-state index is 11.4. The highest BCUT2D eigenvalue weighted by atomic mass is 16.5. The number of ether oxygens (including phenoxy) is 1. The average Bonchev–Trinajstić information content (AvgIpc) is 2.45. The van der Waals surface area contributed by atoms with Crippen LogP contribution in [0.3, 0.4) is 0 Å². The number of methoxy groups -OCH3 is 1. The molecule has 0 aromatic carbocycles. The number of carbonyl (C=O) groups is 2. The van der Waals surface area contributed by atoms with Crippen molar-refractivity contribution in [1.29, 1.82) is 0 Å². The normalized spacial score (nSPS) is 11.3. The van der Waals surface area contributed by atoms with Crippen LogP contribution in [0.1, 0.15) is 16.1 Å². The van der Waals surface area contributed by atoms with Gasteiger partial charge in [-0.25, -0.2) is 9.59 Å². The molecule has 104 valence electrons. The number of pyridine rings is 1. The Morgan fingerprint density at radius 2 is 2.20 bits per heavy atom. The number of aromatic nitrogens is 1. The molecule has 0 saturated heterocycles. The first-order valence-electron chi connectivity index (χ1n) is 5.56. The lowest BCUT2D eigenvalue weighted by molar-refractivity contribution is -0.132.